The predicted octanol–water partition coefficient (Wildman–Crippen LogP) is 4.57. The van der Waals surface area contributed by atoms with Crippen LogP contribution in [0, 0.1) is 0 Å². The highest BCUT2D eigenvalue weighted by atomic mass is 35.5. The van der Waals surface area contributed by atoms with Gasteiger partial charge < -0.3 is 4.74 Å². The Bertz CT molecular complexity index is 534. The molecule has 86 valence electrons. The van der Waals surface area contributed by atoms with Gasteiger partial charge in [-0.2, -0.15) is 0 Å². The number of halogens is 1. The Labute approximate surface area is 107 Å². The molecule has 0 aromatic carbocycles. The Balaban J connectivity index is 2.36. The van der Waals surface area contributed by atoms with E-state index in [4.69, 9.17) is 16.3 Å². The zero-order chi connectivity index (χ0) is 11.9. The minimum atomic E-state index is -0.467. The first-order valence-corrected chi connectivity index (χ1v) is 6.84. The maximum Gasteiger partial charge on any atom is 0.340 e. The van der Waals surface area contributed by atoms with Crippen molar-refractivity contribution in [2.24, 2.45) is 0 Å². The van der Waals surface area contributed by atoms with Crippen LogP contribution in [0.4, 0.5) is 0 Å². The monoisotopic (exact) mass is 274 g/mol. The fourth-order valence-electron chi connectivity index (χ4n) is 1.29. The largest absolute Gasteiger partial charge is 0.456 e. The zero-order valence-corrected chi connectivity index (χ0v) is 11.6. The lowest BCUT2D eigenvalue weighted by molar-refractivity contribution is 0.00724. The van der Waals surface area contributed by atoms with Crippen LogP contribution in [0.3, 0.4) is 0 Å². The van der Waals surface area contributed by atoms with E-state index >= 15 is 0 Å². The molecule has 0 aliphatic heterocycles. The van der Waals surface area contributed by atoms with Gasteiger partial charge in [-0.15, -0.1) is 22.7 Å². The predicted molar refractivity (Wildman–Crippen MR) is 69.9 cm³/mol. The van der Waals surface area contributed by atoms with Crippen LogP contribution in [-0.2, 0) is 4.74 Å². The highest BCUT2D eigenvalue weighted by molar-refractivity contribution is 7.39. The number of esters is 1. The summed E-state index contributed by atoms with van der Waals surface area (Å²) in [5.41, 5.74) is 0.142. The fourth-order valence-corrected chi connectivity index (χ4v) is 3.75. The molecule has 2 aromatic rings. The van der Waals surface area contributed by atoms with Gasteiger partial charge in [-0.25, -0.2) is 4.79 Å². The molecule has 0 saturated carbocycles. The van der Waals surface area contributed by atoms with E-state index in [0.29, 0.717) is 9.90 Å². The lowest BCUT2D eigenvalue weighted by Crippen LogP contribution is -2.23. The topological polar surface area (TPSA) is 26.3 Å². The molecule has 2 rings (SSSR count). The third-order valence-electron chi connectivity index (χ3n) is 1.86. The molecule has 0 saturated heterocycles. The molecule has 5 heteroatoms. The van der Waals surface area contributed by atoms with E-state index in [1.807, 2.05) is 32.2 Å². The van der Waals surface area contributed by atoms with Gasteiger partial charge in [0.1, 0.15) is 5.60 Å². The first-order valence-electron chi connectivity index (χ1n) is 4.77. The molecule has 2 aromatic heterocycles. The standard InChI is InChI=1S/C11H11ClO2S2/c1-11(2,3)14-9(13)7-5-15-10-6(7)4-8(12)16-10/h4-5H,1-3H3. The third kappa shape index (κ3) is 2.39. The van der Waals surface area contributed by atoms with Crippen molar-refractivity contribution in [2.75, 3.05) is 0 Å². The molecule has 0 fully saturated rings. The number of carbonyl (C=O) groups is 1. The number of carbonyl (C=O) groups excluding carboxylic acids is 1. The van der Waals surface area contributed by atoms with Crippen molar-refractivity contribution < 1.29 is 9.53 Å². The van der Waals surface area contributed by atoms with Gasteiger partial charge in [-0.05, 0) is 26.8 Å². The molecule has 0 aliphatic rings. The number of fused-ring (bicyclic) bond motifs is 1. The first kappa shape index (κ1) is 11.9. The van der Waals surface area contributed by atoms with Gasteiger partial charge in [0, 0.05) is 10.8 Å². The van der Waals surface area contributed by atoms with Crippen molar-refractivity contribution in [3.05, 3.63) is 21.3 Å². The number of hydrogen-bond donors (Lipinski definition) is 0. The van der Waals surface area contributed by atoms with E-state index in [1.165, 1.54) is 22.7 Å². The third-order valence-corrected chi connectivity index (χ3v) is 4.25. The van der Waals surface area contributed by atoms with Crippen molar-refractivity contribution in [1.29, 1.82) is 0 Å². The molecule has 0 atom stereocenters. The summed E-state index contributed by atoms with van der Waals surface area (Å²) in [4.78, 5) is 11.9. The van der Waals surface area contributed by atoms with E-state index in [9.17, 15) is 4.79 Å². The second-order valence-corrected chi connectivity index (χ2v) is 7.22. The van der Waals surface area contributed by atoms with Crippen LogP contribution in [0.15, 0.2) is 11.4 Å². The van der Waals surface area contributed by atoms with Crippen molar-refractivity contribution in [3.8, 4) is 0 Å². The molecule has 0 spiro atoms. The summed E-state index contributed by atoms with van der Waals surface area (Å²) in [6, 6.07) is 1.82. The van der Waals surface area contributed by atoms with Crippen LogP contribution < -0.4 is 0 Å². The van der Waals surface area contributed by atoms with Crippen LogP contribution >= 0.6 is 34.3 Å². The molecule has 0 radical (unpaired) electrons. The summed E-state index contributed by atoms with van der Waals surface area (Å²) in [6.07, 6.45) is 0. The normalized spacial score (nSPS) is 12.0. The SMILES string of the molecule is CC(C)(C)OC(=O)c1csc2sc(Cl)cc12. The van der Waals surface area contributed by atoms with E-state index < -0.39 is 5.60 Å². The Morgan fingerprint density at radius 3 is 2.75 bits per heavy atom. The Morgan fingerprint density at radius 1 is 1.44 bits per heavy atom. The lowest BCUT2D eigenvalue weighted by Gasteiger charge is -2.18. The van der Waals surface area contributed by atoms with Crippen molar-refractivity contribution in [3.63, 3.8) is 0 Å². The van der Waals surface area contributed by atoms with Crippen LogP contribution in [0.25, 0.3) is 9.40 Å². The van der Waals surface area contributed by atoms with E-state index in [2.05, 4.69) is 0 Å². The number of thiophene rings is 2. The second-order valence-electron chi connectivity index (χ2n) is 4.40. The van der Waals surface area contributed by atoms with Gasteiger partial charge in [0.15, 0.2) is 0 Å². The van der Waals surface area contributed by atoms with Crippen molar-refractivity contribution in [1.82, 2.24) is 0 Å². The van der Waals surface area contributed by atoms with Crippen LogP contribution in [0.5, 0.6) is 0 Å². The van der Waals surface area contributed by atoms with Crippen LogP contribution in [-0.4, -0.2) is 11.6 Å². The van der Waals surface area contributed by atoms with Gasteiger partial charge in [-0.3, -0.25) is 0 Å². The molecule has 0 amide bonds. The Hall–Kier alpha value is -0.580. The highest BCUT2D eigenvalue weighted by Crippen LogP contribution is 2.36. The second kappa shape index (κ2) is 4.02. The molecule has 0 N–H and O–H groups in total. The summed E-state index contributed by atoms with van der Waals surface area (Å²) in [6.45, 7) is 5.57. The molecule has 16 heavy (non-hydrogen) atoms. The van der Waals surface area contributed by atoms with E-state index in [-0.39, 0.29) is 5.97 Å². The maximum atomic E-state index is 11.9. The molecular weight excluding hydrogens is 264 g/mol. The minimum Gasteiger partial charge on any atom is -0.456 e. The minimum absolute atomic E-state index is 0.284. The molecular formula is C11H11ClO2S2. The van der Waals surface area contributed by atoms with Crippen LogP contribution in [0.2, 0.25) is 4.34 Å². The van der Waals surface area contributed by atoms with Crippen molar-refractivity contribution in [2.45, 2.75) is 26.4 Å². The maximum absolute atomic E-state index is 11.9. The van der Waals surface area contributed by atoms with Gasteiger partial charge >= 0.3 is 5.97 Å². The average molecular weight is 275 g/mol. The van der Waals surface area contributed by atoms with E-state index in [1.54, 1.807) is 0 Å². The number of ether oxygens (including phenoxy) is 1. The molecule has 0 bridgehead atoms. The highest BCUT2D eigenvalue weighted by Gasteiger charge is 2.21. The van der Waals surface area contributed by atoms with Crippen LogP contribution in [0.1, 0.15) is 31.1 Å². The van der Waals surface area contributed by atoms with Gasteiger partial charge in [0.25, 0.3) is 0 Å². The smallest absolute Gasteiger partial charge is 0.340 e. The molecule has 0 unspecified atom stereocenters. The first-order chi connectivity index (χ1) is 7.37. The summed E-state index contributed by atoms with van der Waals surface area (Å²) >= 11 is 8.91. The van der Waals surface area contributed by atoms with E-state index in [0.717, 1.165) is 9.40 Å². The molecule has 0 aliphatic carbocycles. The Morgan fingerprint density at radius 2 is 2.12 bits per heavy atom. The summed E-state index contributed by atoms with van der Waals surface area (Å²) < 4.78 is 7.09. The van der Waals surface area contributed by atoms with Gasteiger partial charge in [0.05, 0.1) is 13.9 Å². The summed E-state index contributed by atoms with van der Waals surface area (Å²) in [7, 11) is 0. The summed E-state index contributed by atoms with van der Waals surface area (Å²) in [5.74, 6) is -0.284. The van der Waals surface area contributed by atoms with Crippen molar-refractivity contribution >= 4 is 49.6 Å². The van der Waals surface area contributed by atoms with Gasteiger partial charge in [0.2, 0.25) is 0 Å². The fraction of sp³-hybridized carbons (Fsp3) is 0.364. The lowest BCUT2D eigenvalue weighted by atomic mass is 10.2. The summed E-state index contributed by atoms with van der Waals surface area (Å²) in [5, 5.41) is 2.72. The molecule has 2 heterocycles. The average Bonchev–Trinajstić information content (AvgIpc) is 2.58. The Kier molecular flexibility index (Phi) is 2.99. The number of hydrogen-bond acceptors (Lipinski definition) is 4. The molecule has 2 nitrogen and oxygen atoms in total. The zero-order valence-electron chi connectivity index (χ0n) is 9.17. The van der Waals surface area contributed by atoms with Gasteiger partial charge in [-0.1, -0.05) is 11.6 Å². The quantitative estimate of drug-likeness (QED) is 0.712. The number of rotatable bonds is 1.